The van der Waals surface area contributed by atoms with Gasteiger partial charge in [0, 0.05) is 18.5 Å². The zero-order valence-corrected chi connectivity index (χ0v) is 13.7. The van der Waals surface area contributed by atoms with Crippen molar-refractivity contribution in [2.45, 2.75) is 13.0 Å². The fourth-order valence-electron chi connectivity index (χ4n) is 2.29. The lowest BCUT2D eigenvalue weighted by atomic mass is 10.1. The molecule has 128 valence electrons. The standard InChI is InChI=1S/C17H16N4O4/c1-11(12-5-3-6-13(9-12)21-8-4-7-18-21)19-16(22)14-10-15(25-20-14)17(23)24-2/h3-11H,1-2H3,(H,19,22)/t11-/m0/s1. The molecule has 2 aromatic heterocycles. The molecule has 0 fully saturated rings. The predicted octanol–water partition coefficient (Wildman–Crippen LogP) is 2.14. The number of nitrogens with one attached hydrogen (secondary N) is 1. The van der Waals surface area contributed by atoms with Crippen LogP contribution < -0.4 is 5.32 Å². The van der Waals surface area contributed by atoms with Crippen molar-refractivity contribution in [3.8, 4) is 5.69 Å². The topological polar surface area (TPSA) is 99.2 Å². The molecule has 0 aliphatic rings. The monoisotopic (exact) mass is 340 g/mol. The molecule has 0 saturated carbocycles. The molecule has 0 radical (unpaired) electrons. The maximum Gasteiger partial charge on any atom is 0.376 e. The Morgan fingerprint density at radius 3 is 2.84 bits per heavy atom. The molecule has 2 heterocycles. The van der Waals surface area contributed by atoms with Crippen molar-refractivity contribution in [1.82, 2.24) is 20.3 Å². The lowest BCUT2D eigenvalue weighted by Crippen LogP contribution is -2.27. The van der Waals surface area contributed by atoms with Crippen LogP contribution in [0.5, 0.6) is 0 Å². The van der Waals surface area contributed by atoms with Gasteiger partial charge in [0.05, 0.1) is 18.8 Å². The van der Waals surface area contributed by atoms with E-state index in [1.807, 2.05) is 43.5 Å². The van der Waals surface area contributed by atoms with Crippen LogP contribution in [0.1, 0.15) is 39.6 Å². The van der Waals surface area contributed by atoms with Gasteiger partial charge >= 0.3 is 5.97 Å². The third-order valence-corrected chi connectivity index (χ3v) is 3.62. The zero-order valence-electron chi connectivity index (χ0n) is 13.7. The van der Waals surface area contributed by atoms with Crippen LogP contribution in [0.4, 0.5) is 0 Å². The summed E-state index contributed by atoms with van der Waals surface area (Å²) in [7, 11) is 1.22. The minimum absolute atomic E-state index is 0.00970. The Kier molecular flexibility index (Phi) is 4.60. The van der Waals surface area contributed by atoms with E-state index < -0.39 is 11.9 Å². The molecule has 8 heteroatoms. The van der Waals surface area contributed by atoms with Gasteiger partial charge in [-0.1, -0.05) is 17.3 Å². The molecule has 1 aromatic carbocycles. The van der Waals surface area contributed by atoms with Gasteiger partial charge in [-0.25, -0.2) is 9.48 Å². The van der Waals surface area contributed by atoms with Gasteiger partial charge in [-0.2, -0.15) is 5.10 Å². The minimum atomic E-state index is -0.688. The van der Waals surface area contributed by atoms with E-state index in [-0.39, 0.29) is 17.5 Å². The molecule has 3 rings (SSSR count). The number of rotatable bonds is 5. The Morgan fingerprint density at radius 1 is 1.28 bits per heavy atom. The van der Waals surface area contributed by atoms with Gasteiger partial charge in [-0.15, -0.1) is 0 Å². The third kappa shape index (κ3) is 3.57. The average Bonchev–Trinajstić information content (AvgIpc) is 3.32. The van der Waals surface area contributed by atoms with E-state index >= 15 is 0 Å². The lowest BCUT2D eigenvalue weighted by Gasteiger charge is -2.14. The van der Waals surface area contributed by atoms with Crippen molar-refractivity contribution < 1.29 is 18.8 Å². The second kappa shape index (κ2) is 7.00. The van der Waals surface area contributed by atoms with Gasteiger partial charge in [-0.05, 0) is 30.7 Å². The Morgan fingerprint density at radius 2 is 2.12 bits per heavy atom. The summed E-state index contributed by atoms with van der Waals surface area (Å²) in [6.07, 6.45) is 3.54. The summed E-state index contributed by atoms with van der Waals surface area (Å²) >= 11 is 0. The lowest BCUT2D eigenvalue weighted by molar-refractivity contribution is 0.0554. The highest BCUT2D eigenvalue weighted by atomic mass is 16.5. The molecule has 8 nitrogen and oxygen atoms in total. The SMILES string of the molecule is COC(=O)c1cc(C(=O)N[C@@H](C)c2cccc(-n3cccn3)c2)no1. The number of carbonyl (C=O) groups is 2. The Hall–Kier alpha value is -3.42. The van der Waals surface area contributed by atoms with Gasteiger partial charge in [0.2, 0.25) is 5.76 Å². The maximum absolute atomic E-state index is 12.3. The first-order chi connectivity index (χ1) is 12.1. The van der Waals surface area contributed by atoms with Gasteiger partial charge in [-0.3, -0.25) is 4.79 Å². The van der Waals surface area contributed by atoms with Crippen molar-refractivity contribution in [2.24, 2.45) is 0 Å². The number of esters is 1. The van der Waals surface area contributed by atoms with Gasteiger partial charge in [0.25, 0.3) is 5.91 Å². The second-order valence-electron chi connectivity index (χ2n) is 5.31. The molecule has 1 atom stereocenters. The van der Waals surface area contributed by atoms with Crippen molar-refractivity contribution in [3.63, 3.8) is 0 Å². The average molecular weight is 340 g/mol. The van der Waals surface area contributed by atoms with E-state index in [1.165, 1.54) is 13.2 Å². The predicted molar refractivity (Wildman–Crippen MR) is 87.3 cm³/mol. The summed E-state index contributed by atoms with van der Waals surface area (Å²) in [4.78, 5) is 23.6. The molecule has 0 aliphatic heterocycles. The Labute approximate surface area is 143 Å². The third-order valence-electron chi connectivity index (χ3n) is 3.62. The summed E-state index contributed by atoms with van der Waals surface area (Å²) in [5.41, 5.74) is 1.80. The maximum atomic E-state index is 12.3. The molecule has 0 aliphatic carbocycles. The van der Waals surface area contributed by atoms with Crippen molar-refractivity contribution in [3.05, 3.63) is 65.8 Å². The fraction of sp³-hybridized carbons (Fsp3) is 0.176. The smallest absolute Gasteiger partial charge is 0.376 e. The summed E-state index contributed by atoms with van der Waals surface area (Å²) in [6, 6.07) is 10.4. The van der Waals surface area contributed by atoms with Crippen LogP contribution in [0.2, 0.25) is 0 Å². The number of benzene rings is 1. The number of carbonyl (C=O) groups excluding carboxylic acids is 2. The first kappa shape index (κ1) is 16.4. The second-order valence-corrected chi connectivity index (χ2v) is 5.31. The van der Waals surface area contributed by atoms with Crippen LogP contribution in [-0.4, -0.2) is 33.9 Å². The van der Waals surface area contributed by atoms with Crippen LogP contribution in [0.15, 0.2) is 53.3 Å². The van der Waals surface area contributed by atoms with Crippen molar-refractivity contribution in [2.75, 3.05) is 7.11 Å². The molecule has 0 bridgehead atoms. The number of amides is 1. The highest BCUT2D eigenvalue weighted by Gasteiger charge is 2.19. The molecular formula is C17H16N4O4. The van der Waals surface area contributed by atoms with E-state index in [0.29, 0.717) is 0 Å². The normalized spacial score (nSPS) is 11.8. The molecule has 1 N–H and O–H groups in total. The fourth-order valence-corrected chi connectivity index (χ4v) is 2.29. The van der Waals surface area contributed by atoms with Crippen LogP contribution >= 0.6 is 0 Å². The number of aromatic nitrogens is 3. The summed E-state index contributed by atoms with van der Waals surface area (Å²) in [6.45, 7) is 1.85. The van der Waals surface area contributed by atoms with E-state index in [9.17, 15) is 9.59 Å². The van der Waals surface area contributed by atoms with Crippen LogP contribution in [0.25, 0.3) is 5.69 Å². The van der Waals surface area contributed by atoms with Crippen LogP contribution in [0.3, 0.4) is 0 Å². The van der Waals surface area contributed by atoms with Gasteiger partial charge in [0.1, 0.15) is 0 Å². The van der Waals surface area contributed by atoms with Crippen molar-refractivity contribution in [1.29, 1.82) is 0 Å². The molecular weight excluding hydrogens is 324 g/mol. The van der Waals surface area contributed by atoms with Gasteiger partial charge in [0.15, 0.2) is 5.69 Å². The molecule has 0 unspecified atom stereocenters. The first-order valence-electron chi connectivity index (χ1n) is 7.54. The molecule has 25 heavy (non-hydrogen) atoms. The van der Waals surface area contributed by atoms with E-state index in [2.05, 4.69) is 20.3 Å². The first-order valence-corrected chi connectivity index (χ1v) is 7.54. The number of nitrogens with zero attached hydrogens (tertiary/aromatic N) is 3. The number of methoxy groups -OCH3 is 1. The number of hydrogen-bond acceptors (Lipinski definition) is 6. The minimum Gasteiger partial charge on any atom is -0.463 e. The highest BCUT2D eigenvalue weighted by Crippen LogP contribution is 2.17. The summed E-state index contributed by atoms with van der Waals surface area (Å²) < 4.78 is 11.0. The highest BCUT2D eigenvalue weighted by molar-refractivity contribution is 5.95. The van der Waals surface area contributed by atoms with E-state index in [4.69, 9.17) is 4.52 Å². The van der Waals surface area contributed by atoms with Gasteiger partial charge < -0.3 is 14.6 Å². The van der Waals surface area contributed by atoms with Crippen molar-refractivity contribution >= 4 is 11.9 Å². The zero-order chi connectivity index (χ0) is 17.8. The van der Waals surface area contributed by atoms with E-state index in [0.717, 1.165) is 11.3 Å². The molecule has 0 saturated heterocycles. The molecule has 1 amide bonds. The quantitative estimate of drug-likeness (QED) is 0.714. The largest absolute Gasteiger partial charge is 0.463 e. The van der Waals surface area contributed by atoms with E-state index in [1.54, 1.807) is 10.9 Å². The molecule has 0 spiro atoms. The van der Waals surface area contributed by atoms with Crippen LogP contribution in [-0.2, 0) is 4.74 Å². The summed E-state index contributed by atoms with van der Waals surface area (Å²) in [5.74, 6) is -1.26. The Balaban J connectivity index is 1.72. The Bertz CT molecular complexity index is 886. The van der Waals surface area contributed by atoms with Crippen LogP contribution in [0, 0.1) is 0 Å². The molecule has 3 aromatic rings. The number of hydrogen-bond donors (Lipinski definition) is 1. The summed E-state index contributed by atoms with van der Waals surface area (Å²) in [5, 5.41) is 10.6. The number of ether oxygens (including phenoxy) is 1.